The van der Waals surface area contributed by atoms with Crippen LogP contribution in [0.25, 0.3) is 0 Å². The molecule has 0 radical (unpaired) electrons. The lowest BCUT2D eigenvalue weighted by molar-refractivity contribution is -0.114. The summed E-state index contributed by atoms with van der Waals surface area (Å²) in [6.07, 6.45) is 6.29. The number of anilines is 3. The van der Waals surface area contributed by atoms with E-state index in [1.54, 1.807) is 18.3 Å². The van der Waals surface area contributed by atoms with E-state index >= 15 is 0 Å². The van der Waals surface area contributed by atoms with Crippen LogP contribution >= 0.6 is 0 Å². The number of hydrogen-bond donors (Lipinski definition) is 1. The van der Waals surface area contributed by atoms with Gasteiger partial charge in [-0.1, -0.05) is 18.2 Å². The molecular formula is C22H30N4O3S. The number of rotatable bonds is 6. The Labute approximate surface area is 179 Å². The topological polar surface area (TPSA) is 82.6 Å². The number of aromatic nitrogens is 1. The monoisotopic (exact) mass is 430 g/mol. The number of sulfonamides is 1. The summed E-state index contributed by atoms with van der Waals surface area (Å²) in [6.45, 7) is 6.70. The lowest BCUT2D eigenvalue weighted by Gasteiger charge is -2.35. The van der Waals surface area contributed by atoms with Crippen LogP contribution in [0.1, 0.15) is 37.3 Å². The first-order valence-electron chi connectivity index (χ1n) is 10.2. The minimum Gasteiger partial charge on any atom is -0.354 e. The van der Waals surface area contributed by atoms with Gasteiger partial charge in [-0.2, -0.15) is 0 Å². The van der Waals surface area contributed by atoms with Crippen molar-refractivity contribution < 1.29 is 13.2 Å². The second kappa shape index (κ2) is 9.04. The summed E-state index contributed by atoms with van der Waals surface area (Å²) in [6, 6.07) is 9.44. The molecule has 1 aromatic carbocycles. The van der Waals surface area contributed by atoms with Gasteiger partial charge in [-0.25, -0.2) is 13.4 Å². The molecule has 1 saturated heterocycles. The third-order valence-corrected chi connectivity index (χ3v) is 6.61. The fourth-order valence-corrected chi connectivity index (χ4v) is 4.82. The summed E-state index contributed by atoms with van der Waals surface area (Å²) in [7, 11) is -3.61. The summed E-state index contributed by atoms with van der Waals surface area (Å²) in [4.78, 5) is 19.5. The van der Waals surface area contributed by atoms with Gasteiger partial charge in [-0.15, -0.1) is 0 Å². The fourth-order valence-electron chi connectivity index (χ4n) is 3.90. The van der Waals surface area contributed by atoms with Gasteiger partial charge in [0.15, 0.2) is 0 Å². The SMILES string of the molecule is Cc1ccccc1N(CC(=O)Nc1cnc(N2CCCC[C@@H]2C)c(C)c1)S(C)(=O)=O. The van der Waals surface area contributed by atoms with Gasteiger partial charge in [-0.3, -0.25) is 9.10 Å². The highest BCUT2D eigenvalue weighted by Gasteiger charge is 2.23. The van der Waals surface area contributed by atoms with Gasteiger partial charge in [0.05, 0.1) is 23.8 Å². The van der Waals surface area contributed by atoms with Crippen molar-refractivity contribution in [2.75, 3.05) is 33.9 Å². The average Bonchev–Trinajstić information content (AvgIpc) is 2.67. The summed E-state index contributed by atoms with van der Waals surface area (Å²) >= 11 is 0. The standard InChI is InChI=1S/C22H30N4O3S/c1-16-9-5-6-11-20(16)26(30(4,28)29)15-21(27)24-19-13-17(2)22(23-14-19)25-12-8-7-10-18(25)3/h5-6,9,11,13-14,18H,7-8,10,12,15H2,1-4H3,(H,24,27)/t18-/m0/s1. The van der Waals surface area contributed by atoms with Crippen LogP contribution in [0, 0.1) is 13.8 Å². The maximum atomic E-state index is 12.6. The lowest BCUT2D eigenvalue weighted by Crippen LogP contribution is -2.38. The number of nitrogens with one attached hydrogen (secondary N) is 1. The smallest absolute Gasteiger partial charge is 0.245 e. The van der Waals surface area contributed by atoms with Crippen LogP contribution in [0.2, 0.25) is 0 Å². The zero-order chi connectivity index (χ0) is 21.9. The predicted molar refractivity (Wildman–Crippen MR) is 122 cm³/mol. The van der Waals surface area contributed by atoms with E-state index in [1.807, 2.05) is 32.0 Å². The van der Waals surface area contributed by atoms with Gasteiger partial charge >= 0.3 is 0 Å². The zero-order valence-electron chi connectivity index (χ0n) is 18.1. The number of amides is 1. The van der Waals surface area contributed by atoms with Gasteiger partial charge in [0.25, 0.3) is 0 Å². The molecule has 1 fully saturated rings. The molecule has 2 heterocycles. The Morgan fingerprint density at radius 1 is 1.23 bits per heavy atom. The number of para-hydroxylation sites is 1. The van der Waals surface area contributed by atoms with Gasteiger partial charge in [-0.05, 0) is 63.3 Å². The molecule has 0 bridgehead atoms. The molecule has 1 atom stereocenters. The van der Waals surface area contributed by atoms with Crippen molar-refractivity contribution in [1.82, 2.24) is 4.98 Å². The molecule has 0 saturated carbocycles. The van der Waals surface area contributed by atoms with E-state index in [4.69, 9.17) is 0 Å². The molecule has 0 unspecified atom stereocenters. The molecule has 1 amide bonds. The van der Waals surface area contributed by atoms with E-state index < -0.39 is 15.9 Å². The molecule has 1 aliphatic rings. The van der Waals surface area contributed by atoms with E-state index in [-0.39, 0.29) is 6.54 Å². The molecule has 30 heavy (non-hydrogen) atoms. The highest BCUT2D eigenvalue weighted by Crippen LogP contribution is 2.27. The molecule has 2 aromatic rings. The number of aryl methyl sites for hydroxylation is 2. The third kappa shape index (κ3) is 5.11. The van der Waals surface area contributed by atoms with Crippen LogP contribution in [-0.4, -0.2) is 44.7 Å². The number of carbonyl (C=O) groups excluding carboxylic acids is 1. The van der Waals surface area contributed by atoms with Crippen LogP contribution in [0.5, 0.6) is 0 Å². The van der Waals surface area contributed by atoms with Crippen molar-refractivity contribution in [2.24, 2.45) is 0 Å². The van der Waals surface area contributed by atoms with Crippen LogP contribution < -0.4 is 14.5 Å². The maximum absolute atomic E-state index is 12.6. The van der Waals surface area contributed by atoms with Crippen LogP contribution in [-0.2, 0) is 14.8 Å². The second-order valence-corrected chi connectivity index (χ2v) is 9.91. The molecule has 1 aliphatic heterocycles. The Morgan fingerprint density at radius 2 is 1.97 bits per heavy atom. The number of nitrogens with zero attached hydrogens (tertiary/aromatic N) is 3. The molecule has 1 N–H and O–H groups in total. The van der Waals surface area contributed by atoms with E-state index in [1.165, 1.54) is 6.42 Å². The Morgan fingerprint density at radius 3 is 2.60 bits per heavy atom. The first-order valence-corrected chi connectivity index (χ1v) is 12.1. The van der Waals surface area contributed by atoms with Crippen molar-refractivity contribution >= 4 is 33.1 Å². The molecule has 1 aromatic heterocycles. The van der Waals surface area contributed by atoms with E-state index in [0.29, 0.717) is 17.4 Å². The largest absolute Gasteiger partial charge is 0.354 e. The third-order valence-electron chi connectivity index (χ3n) is 5.48. The predicted octanol–water partition coefficient (Wildman–Crippen LogP) is 3.48. The number of carbonyl (C=O) groups is 1. The van der Waals surface area contributed by atoms with Gasteiger partial charge in [0, 0.05) is 12.6 Å². The van der Waals surface area contributed by atoms with Crippen molar-refractivity contribution in [3.05, 3.63) is 47.7 Å². The minimum atomic E-state index is -3.61. The van der Waals surface area contributed by atoms with Crippen molar-refractivity contribution in [1.29, 1.82) is 0 Å². The second-order valence-electron chi connectivity index (χ2n) is 8.01. The highest BCUT2D eigenvalue weighted by atomic mass is 32.2. The number of benzene rings is 1. The number of hydrogen-bond acceptors (Lipinski definition) is 5. The number of pyridine rings is 1. The lowest BCUT2D eigenvalue weighted by atomic mass is 10.0. The first-order chi connectivity index (χ1) is 14.2. The summed E-state index contributed by atoms with van der Waals surface area (Å²) in [5.41, 5.74) is 2.83. The minimum absolute atomic E-state index is 0.298. The van der Waals surface area contributed by atoms with E-state index in [2.05, 4.69) is 22.1 Å². The van der Waals surface area contributed by atoms with Crippen molar-refractivity contribution in [3.63, 3.8) is 0 Å². The quantitative estimate of drug-likeness (QED) is 0.759. The van der Waals surface area contributed by atoms with E-state index in [9.17, 15) is 13.2 Å². The molecule has 0 aliphatic carbocycles. The van der Waals surface area contributed by atoms with Gasteiger partial charge in [0.2, 0.25) is 15.9 Å². The summed E-state index contributed by atoms with van der Waals surface area (Å²) < 4.78 is 25.7. The Hall–Kier alpha value is -2.61. The highest BCUT2D eigenvalue weighted by molar-refractivity contribution is 7.92. The number of piperidine rings is 1. The maximum Gasteiger partial charge on any atom is 0.245 e. The van der Waals surface area contributed by atoms with Crippen LogP contribution in [0.3, 0.4) is 0 Å². The van der Waals surface area contributed by atoms with Gasteiger partial charge in [0.1, 0.15) is 12.4 Å². The summed E-state index contributed by atoms with van der Waals surface area (Å²) in [5, 5.41) is 2.79. The summed E-state index contributed by atoms with van der Waals surface area (Å²) in [5.74, 6) is 0.529. The normalized spacial score (nSPS) is 16.9. The molecule has 162 valence electrons. The molecule has 3 rings (SSSR count). The van der Waals surface area contributed by atoms with Crippen molar-refractivity contribution in [3.8, 4) is 0 Å². The molecular weight excluding hydrogens is 400 g/mol. The molecule has 0 spiro atoms. The first kappa shape index (κ1) is 22.1. The van der Waals surface area contributed by atoms with Crippen molar-refractivity contribution in [2.45, 2.75) is 46.1 Å². The Bertz CT molecular complexity index is 1020. The molecule has 7 nitrogen and oxygen atoms in total. The average molecular weight is 431 g/mol. The Kier molecular flexibility index (Phi) is 6.65. The van der Waals surface area contributed by atoms with Gasteiger partial charge < -0.3 is 10.2 Å². The van der Waals surface area contributed by atoms with Crippen LogP contribution in [0.15, 0.2) is 36.5 Å². The zero-order valence-corrected chi connectivity index (χ0v) is 18.9. The van der Waals surface area contributed by atoms with E-state index in [0.717, 1.165) is 46.9 Å². The Balaban J connectivity index is 1.75. The van der Waals surface area contributed by atoms with Crippen LogP contribution in [0.4, 0.5) is 17.2 Å². The molecule has 8 heteroatoms. The fraction of sp³-hybridized carbons (Fsp3) is 0.455.